The number of allylic oxidation sites excluding steroid dienone is 1. The number of benzene rings is 3. The van der Waals surface area contributed by atoms with Crippen molar-refractivity contribution in [1.82, 2.24) is 10.2 Å². The number of carbonyl (C=O) groups is 2. The molecule has 3 N–H and O–H groups in total. The van der Waals surface area contributed by atoms with Crippen LogP contribution in [0.5, 0.6) is 5.75 Å². The number of aliphatic carboxylic acids is 2. The second-order valence-electron chi connectivity index (χ2n) is 7.88. The van der Waals surface area contributed by atoms with Gasteiger partial charge in [0.25, 0.3) is 0 Å². The third-order valence-corrected chi connectivity index (χ3v) is 5.57. The molecule has 0 saturated carbocycles. The van der Waals surface area contributed by atoms with Gasteiger partial charge in [0.15, 0.2) is 6.61 Å². The molecular formula is C28H24N2O5. The lowest BCUT2D eigenvalue weighted by atomic mass is 9.87. The normalized spacial score (nSPS) is 12.0. The van der Waals surface area contributed by atoms with Crippen molar-refractivity contribution in [2.24, 2.45) is 0 Å². The minimum atomic E-state index is -1.03. The van der Waals surface area contributed by atoms with Gasteiger partial charge in [0.1, 0.15) is 5.75 Å². The Morgan fingerprint density at radius 1 is 0.943 bits per heavy atom. The summed E-state index contributed by atoms with van der Waals surface area (Å²) in [5.74, 6) is -1.53. The van der Waals surface area contributed by atoms with E-state index in [1.165, 1.54) is 0 Å². The Morgan fingerprint density at radius 2 is 1.63 bits per heavy atom. The summed E-state index contributed by atoms with van der Waals surface area (Å²) in [6.45, 7) is 1.69. The summed E-state index contributed by atoms with van der Waals surface area (Å²) in [6.07, 6.45) is 5.21. The molecule has 1 heterocycles. The maximum Gasteiger partial charge on any atom is 0.341 e. The maximum absolute atomic E-state index is 10.9. The van der Waals surface area contributed by atoms with Crippen molar-refractivity contribution in [3.8, 4) is 5.75 Å². The molecule has 0 bridgehead atoms. The van der Waals surface area contributed by atoms with Crippen LogP contribution in [0.3, 0.4) is 0 Å². The summed E-state index contributed by atoms with van der Waals surface area (Å²) in [4.78, 5) is 21.7. The van der Waals surface area contributed by atoms with Crippen LogP contribution >= 0.6 is 0 Å². The molecule has 7 heteroatoms. The largest absolute Gasteiger partial charge is 0.482 e. The number of fused-ring (bicyclic) bond motifs is 1. The predicted octanol–water partition coefficient (Wildman–Crippen LogP) is 5.49. The van der Waals surface area contributed by atoms with Gasteiger partial charge in [-0.15, -0.1) is 0 Å². The molecule has 0 aliphatic rings. The van der Waals surface area contributed by atoms with E-state index in [2.05, 4.69) is 23.2 Å². The molecule has 7 nitrogen and oxygen atoms in total. The lowest BCUT2D eigenvalue weighted by molar-refractivity contribution is -0.139. The molecule has 0 atom stereocenters. The van der Waals surface area contributed by atoms with Crippen molar-refractivity contribution in [3.63, 3.8) is 0 Å². The SMILES string of the molecule is CCC(=C(c1ccc(C=CC(=O)O)cc1)c1ccc2[nH]ncc2c1)c1ccc(OCC(=O)O)cc1. The van der Waals surface area contributed by atoms with Crippen LogP contribution in [0, 0.1) is 0 Å². The van der Waals surface area contributed by atoms with Gasteiger partial charge in [-0.3, -0.25) is 5.10 Å². The van der Waals surface area contributed by atoms with Crippen LogP contribution in [-0.4, -0.2) is 39.0 Å². The Morgan fingerprint density at radius 3 is 2.29 bits per heavy atom. The van der Waals surface area contributed by atoms with Gasteiger partial charge >= 0.3 is 11.9 Å². The number of hydrogen-bond donors (Lipinski definition) is 3. The number of aromatic amines is 1. The molecule has 176 valence electrons. The van der Waals surface area contributed by atoms with Gasteiger partial charge in [0.2, 0.25) is 0 Å². The molecule has 0 aliphatic heterocycles. The highest BCUT2D eigenvalue weighted by atomic mass is 16.5. The predicted molar refractivity (Wildman–Crippen MR) is 135 cm³/mol. The minimum absolute atomic E-state index is 0.394. The third-order valence-electron chi connectivity index (χ3n) is 5.57. The standard InChI is InChI=1S/C28H24N2O5/c1-2-24(19-8-11-23(12-9-19)35-17-27(33)34)28(21-10-13-25-22(15-21)16-29-30-25)20-6-3-18(4-7-20)5-14-26(31)32/h3-16H,2,17H2,1H3,(H,29,30)(H,31,32)(H,33,34). The number of hydrogen-bond acceptors (Lipinski definition) is 4. The summed E-state index contributed by atoms with van der Waals surface area (Å²) >= 11 is 0. The molecule has 0 spiro atoms. The quantitative estimate of drug-likeness (QED) is 0.221. The molecule has 35 heavy (non-hydrogen) atoms. The lowest BCUT2D eigenvalue weighted by Crippen LogP contribution is -2.09. The Labute approximate surface area is 202 Å². The van der Waals surface area contributed by atoms with Gasteiger partial charge in [0.05, 0.1) is 11.7 Å². The summed E-state index contributed by atoms with van der Waals surface area (Å²) in [6, 6.07) is 21.3. The number of carboxylic acid groups (broad SMARTS) is 2. The lowest BCUT2D eigenvalue weighted by Gasteiger charge is -2.17. The molecule has 4 rings (SSSR count). The number of nitrogens with zero attached hydrogens (tertiary/aromatic N) is 1. The van der Waals surface area contributed by atoms with Gasteiger partial charge in [-0.05, 0) is 70.2 Å². The van der Waals surface area contributed by atoms with Crippen LogP contribution in [-0.2, 0) is 9.59 Å². The van der Waals surface area contributed by atoms with Gasteiger partial charge in [-0.25, -0.2) is 9.59 Å². The third kappa shape index (κ3) is 5.65. The van der Waals surface area contributed by atoms with Gasteiger partial charge in [-0.1, -0.05) is 49.4 Å². The van der Waals surface area contributed by atoms with Gasteiger partial charge in [-0.2, -0.15) is 5.10 Å². The van der Waals surface area contributed by atoms with Crippen LogP contribution in [0.1, 0.15) is 35.6 Å². The Balaban J connectivity index is 1.82. The van der Waals surface area contributed by atoms with Crippen molar-refractivity contribution in [1.29, 1.82) is 0 Å². The topological polar surface area (TPSA) is 113 Å². The van der Waals surface area contributed by atoms with E-state index >= 15 is 0 Å². The van der Waals surface area contributed by atoms with Crippen LogP contribution in [0.4, 0.5) is 0 Å². The molecule has 0 fully saturated rings. The van der Waals surface area contributed by atoms with E-state index in [-0.39, 0.29) is 0 Å². The molecular weight excluding hydrogens is 444 g/mol. The van der Waals surface area contributed by atoms with Crippen LogP contribution in [0.15, 0.2) is 79.0 Å². The van der Waals surface area contributed by atoms with E-state index in [9.17, 15) is 9.59 Å². The van der Waals surface area contributed by atoms with E-state index in [1.807, 2.05) is 48.5 Å². The molecule has 1 aromatic heterocycles. The monoisotopic (exact) mass is 468 g/mol. The Kier molecular flexibility index (Phi) is 7.07. The average Bonchev–Trinajstić information content (AvgIpc) is 3.33. The fourth-order valence-corrected chi connectivity index (χ4v) is 3.96. The molecule has 0 radical (unpaired) electrons. The number of ether oxygens (including phenoxy) is 1. The highest BCUT2D eigenvalue weighted by Crippen LogP contribution is 2.36. The van der Waals surface area contributed by atoms with Crippen LogP contribution in [0.2, 0.25) is 0 Å². The van der Waals surface area contributed by atoms with E-state index < -0.39 is 18.5 Å². The number of carboxylic acids is 2. The Hall–Kier alpha value is -4.65. The summed E-state index contributed by atoms with van der Waals surface area (Å²) < 4.78 is 5.28. The molecule has 0 aliphatic carbocycles. The first-order chi connectivity index (χ1) is 16.9. The maximum atomic E-state index is 10.9. The first kappa shape index (κ1) is 23.5. The zero-order valence-electron chi connectivity index (χ0n) is 19.1. The second kappa shape index (κ2) is 10.5. The molecule has 0 amide bonds. The fraction of sp³-hybridized carbons (Fsp3) is 0.107. The summed E-state index contributed by atoms with van der Waals surface area (Å²) in [5.41, 5.74) is 6.89. The summed E-state index contributed by atoms with van der Waals surface area (Å²) in [5, 5.41) is 25.9. The number of H-pyrrole nitrogens is 1. The average molecular weight is 469 g/mol. The van der Waals surface area contributed by atoms with Gasteiger partial charge in [0, 0.05) is 11.5 Å². The molecule has 4 aromatic rings. The highest BCUT2D eigenvalue weighted by molar-refractivity contribution is 6.00. The summed E-state index contributed by atoms with van der Waals surface area (Å²) in [7, 11) is 0. The number of nitrogens with one attached hydrogen (secondary N) is 1. The minimum Gasteiger partial charge on any atom is -0.482 e. The van der Waals surface area contributed by atoms with E-state index in [0.29, 0.717) is 5.75 Å². The van der Waals surface area contributed by atoms with E-state index in [1.54, 1.807) is 24.4 Å². The molecule has 0 saturated heterocycles. The van der Waals surface area contributed by atoms with Crippen molar-refractivity contribution in [2.75, 3.05) is 6.61 Å². The van der Waals surface area contributed by atoms with Gasteiger partial charge < -0.3 is 14.9 Å². The zero-order valence-corrected chi connectivity index (χ0v) is 19.1. The van der Waals surface area contributed by atoms with Crippen molar-refractivity contribution in [2.45, 2.75) is 13.3 Å². The number of aromatic nitrogens is 2. The first-order valence-corrected chi connectivity index (χ1v) is 11.1. The number of rotatable bonds is 9. The smallest absolute Gasteiger partial charge is 0.341 e. The van der Waals surface area contributed by atoms with Crippen molar-refractivity contribution >= 4 is 40.1 Å². The zero-order chi connectivity index (χ0) is 24.8. The van der Waals surface area contributed by atoms with Crippen LogP contribution < -0.4 is 4.74 Å². The molecule has 3 aromatic carbocycles. The first-order valence-electron chi connectivity index (χ1n) is 11.1. The van der Waals surface area contributed by atoms with Crippen LogP contribution in [0.25, 0.3) is 28.1 Å². The van der Waals surface area contributed by atoms with E-state index in [4.69, 9.17) is 14.9 Å². The van der Waals surface area contributed by atoms with Crippen molar-refractivity contribution in [3.05, 3.63) is 101 Å². The van der Waals surface area contributed by atoms with Crippen molar-refractivity contribution < 1.29 is 24.5 Å². The van der Waals surface area contributed by atoms with E-state index in [0.717, 1.165) is 56.8 Å². The second-order valence-corrected chi connectivity index (χ2v) is 7.88. The fourth-order valence-electron chi connectivity index (χ4n) is 3.96. The molecule has 0 unspecified atom stereocenters. The Bertz CT molecular complexity index is 1410. The highest BCUT2D eigenvalue weighted by Gasteiger charge is 2.14.